The van der Waals surface area contributed by atoms with Crippen molar-refractivity contribution < 1.29 is 19.7 Å². The van der Waals surface area contributed by atoms with Gasteiger partial charge in [0.25, 0.3) is 0 Å². The van der Waals surface area contributed by atoms with Crippen LogP contribution in [0.15, 0.2) is 52.0 Å². The van der Waals surface area contributed by atoms with E-state index < -0.39 is 0 Å². The molecule has 0 saturated carbocycles. The van der Waals surface area contributed by atoms with Gasteiger partial charge in [0.05, 0.1) is 19.0 Å². The van der Waals surface area contributed by atoms with Crippen LogP contribution in [0.2, 0.25) is 0 Å². The summed E-state index contributed by atoms with van der Waals surface area (Å²) in [7, 11) is 0. The van der Waals surface area contributed by atoms with Crippen LogP contribution in [0.25, 0.3) is 0 Å². The third-order valence-corrected chi connectivity index (χ3v) is 3.87. The Morgan fingerprint density at radius 3 is 2.43 bits per heavy atom. The minimum atomic E-state index is 0.0186. The van der Waals surface area contributed by atoms with E-state index >= 15 is 0 Å². The van der Waals surface area contributed by atoms with Gasteiger partial charge in [-0.05, 0) is 36.8 Å². The molecule has 1 aliphatic carbocycles. The van der Waals surface area contributed by atoms with Crippen LogP contribution in [0.1, 0.15) is 12.8 Å². The summed E-state index contributed by atoms with van der Waals surface area (Å²) in [4.78, 5) is 2.27. The molecule has 2 rings (SSSR count). The molecule has 1 aliphatic rings. The summed E-state index contributed by atoms with van der Waals surface area (Å²) >= 11 is 1.67. The molecule has 0 bridgehead atoms. The summed E-state index contributed by atoms with van der Waals surface area (Å²) in [6.07, 6.45) is 6.06. The van der Waals surface area contributed by atoms with Gasteiger partial charge in [-0.25, -0.2) is 0 Å². The minimum absolute atomic E-state index is 0.0186. The Bertz CT molecular complexity index is 494. The molecule has 1 aromatic rings. The molecular formula is C16H20O4S. The summed E-state index contributed by atoms with van der Waals surface area (Å²) in [5.41, 5.74) is 0. The van der Waals surface area contributed by atoms with Crippen LogP contribution in [-0.2, 0) is 4.74 Å². The lowest BCUT2D eigenvalue weighted by Crippen LogP contribution is -2.01. The summed E-state index contributed by atoms with van der Waals surface area (Å²) in [5, 5.41) is 17.5. The number of hydrogen-bond donors (Lipinski definition) is 2. The average molecular weight is 308 g/mol. The monoisotopic (exact) mass is 308 g/mol. The highest BCUT2D eigenvalue weighted by molar-refractivity contribution is 8.03. The molecule has 0 aliphatic heterocycles. The standard InChI is InChI=1S/C16H20O4S/c17-8-10-19-13-4-6-15(7-5-13)21-16-3-1-2-14(12-16)20-11-9-18/h3-7,12,17-18H,1-2,8-11H2. The lowest BCUT2D eigenvalue weighted by molar-refractivity contribution is 0.139. The largest absolute Gasteiger partial charge is 0.495 e. The van der Waals surface area contributed by atoms with Gasteiger partial charge < -0.3 is 19.7 Å². The number of thioether (sulfide) groups is 1. The second kappa shape index (κ2) is 8.77. The molecule has 0 heterocycles. The maximum absolute atomic E-state index is 8.79. The number of benzene rings is 1. The quantitative estimate of drug-likeness (QED) is 0.773. The Morgan fingerprint density at radius 1 is 1.00 bits per heavy atom. The number of aliphatic hydroxyl groups is 2. The van der Waals surface area contributed by atoms with Crippen LogP contribution >= 0.6 is 11.8 Å². The van der Waals surface area contributed by atoms with Crippen molar-refractivity contribution in [3.05, 3.63) is 47.1 Å². The molecular weight excluding hydrogens is 288 g/mol. The molecule has 21 heavy (non-hydrogen) atoms. The van der Waals surface area contributed by atoms with Crippen LogP contribution in [0.3, 0.4) is 0 Å². The van der Waals surface area contributed by atoms with E-state index in [1.165, 1.54) is 0 Å². The molecule has 0 fully saturated rings. The smallest absolute Gasteiger partial charge is 0.119 e. The summed E-state index contributed by atoms with van der Waals surface area (Å²) in [5.74, 6) is 1.69. The first-order valence-corrected chi connectivity index (χ1v) is 7.79. The van der Waals surface area contributed by atoms with Gasteiger partial charge in [0.15, 0.2) is 0 Å². The maximum Gasteiger partial charge on any atom is 0.119 e. The topological polar surface area (TPSA) is 58.9 Å². The Kier molecular flexibility index (Phi) is 6.66. The zero-order valence-electron chi connectivity index (χ0n) is 11.8. The Hall–Kier alpha value is -1.43. The molecule has 5 heteroatoms. The number of rotatable bonds is 8. The first-order valence-electron chi connectivity index (χ1n) is 6.98. The van der Waals surface area contributed by atoms with Crippen molar-refractivity contribution in [3.8, 4) is 5.75 Å². The lowest BCUT2D eigenvalue weighted by atomic mass is 10.1. The van der Waals surface area contributed by atoms with Crippen LogP contribution in [-0.4, -0.2) is 36.6 Å². The minimum Gasteiger partial charge on any atom is -0.495 e. The summed E-state index contributed by atoms with van der Waals surface area (Å²) < 4.78 is 10.8. The second-order valence-electron chi connectivity index (χ2n) is 4.47. The highest BCUT2D eigenvalue weighted by Crippen LogP contribution is 2.33. The van der Waals surface area contributed by atoms with Gasteiger partial charge >= 0.3 is 0 Å². The van der Waals surface area contributed by atoms with Crippen molar-refractivity contribution in [1.29, 1.82) is 0 Å². The van der Waals surface area contributed by atoms with Gasteiger partial charge in [0, 0.05) is 16.2 Å². The molecule has 0 radical (unpaired) electrons. The third kappa shape index (κ3) is 5.46. The van der Waals surface area contributed by atoms with Crippen LogP contribution in [0.4, 0.5) is 0 Å². The Morgan fingerprint density at radius 2 is 1.71 bits per heavy atom. The molecule has 0 unspecified atom stereocenters. The van der Waals surface area contributed by atoms with Crippen molar-refractivity contribution in [1.82, 2.24) is 0 Å². The van der Waals surface area contributed by atoms with E-state index in [1.807, 2.05) is 30.3 Å². The number of aliphatic hydroxyl groups excluding tert-OH is 2. The van der Waals surface area contributed by atoms with Crippen LogP contribution < -0.4 is 4.74 Å². The lowest BCUT2D eigenvalue weighted by Gasteiger charge is -2.14. The van der Waals surface area contributed by atoms with Gasteiger partial charge in [-0.15, -0.1) is 0 Å². The molecule has 0 saturated heterocycles. The van der Waals surface area contributed by atoms with Gasteiger partial charge in [0.2, 0.25) is 0 Å². The van der Waals surface area contributed by atoms with Crippen molar-refractivity contribution in [2.45, 2.75) is 17.7 Å². The fourth-order valence-electron chi connectivity index (χ4n) is 1.91. The first kappa shape index (κ1) is 15.9. The molecule has 0 aromatic heterocycles. The summed E-state index contributed by atoms with van der Waals surface area (Å²) in [6.45, 7) is 0.718. The highest BCUT2D eigenvalue weighted by Gasteiger charge is 2.08. The first-order chi connectivity index (χ1) is 10.3. The number of allylic oxidation sites excluding steroid dienone is 3. The van der Waals surface area contributed by atoms with E-state index in [1.54, 1.807) is 11.8 Å². The average Bonchev–Trinajstić information content (AvgIpc) is 2.53. The SMILES string of the molecule is OCCOC1=CC(Sc2ccc(OCCO)cc2)=CCC1. The van der Waals surface area contributed by atoms with Crippen molar-refractivity contribution in [3.63, 3.8) is 0 Å². The Balaban J connectivity index is 1.91. The van der Waals surface area contributed by atoms with Gasteiger partial charge in [-0.1, -0.05) is 17.8 Å². The molecule has 0 amide bonds. The predicted octanol–water partition coefficient (Wildman–Crippen LogP) is 2.72. The van der Waals surface area contributed by atoms with E-state index in [0.717, 1.165) is 34.2 Å². The van der Waals surface area contributed by atoms with Gasteiger partial charge in [0.1, 0.15) is 19.0 Å². The fraction of sp³-hybridized carbons (Fsp3) is 0.375. The van der Waals surface area contributed by atoms with Gasteiger partial charge in [-0.2, -0.15) is 0 Å². The van der Waals surface area contributed by atoms with E-state index in [2.05, 4.69) is 6.08 Å². The van der Waals surface area contributed by atoms with E-state index in [4.69, 9.17) is 19.7 Å². The molecule has 0 spiro atoms. The van der Waals surface area contributed by atoms with Crippen LogP contribution in [0, 0.1) is 0 Å². The maximum atomic E-state index is 8.79. The highest BCUT2D eigenvalue weighted by atomic mass is 32.2. The van der Waals surface area contributed by atoms with Crippen LogP contribution in [0.5, 0.6) is 5.75 Å². The van der Waals surface area contributed by atoms with Crippen molar-refractivity contribution in [2.24, 2.45) is 0 Å². The van der Waals surface area contributed by atoms with Gasteiger partial charge in [-0.3, -0.25) is 0 Å². The summed E-state index contributed by atoms with van der Waals surface area (Å²) in [6, 6.07) is 7.78. The van der Waals surface area contributed by atoms with Crippen molar-refractivity contribution >= 4 is 11.8 Å². The molecule has 114 valence electrons. The molecule has 0 atom stereocenters. The fourth-order valence-corrected chi connectivity index (χ4v) is 2.85. The van der Waals surface area contributed by atoms with Crippen molar-refractivity contribution in [2.75, 3.05) is 26.4 Å². The number of hydrogen-bond acceptors (Lipinski definition) is 5. The van der Waals surface area contributed by atoms with E-state index in [0.29, 0.717) is 13.2 Å². The molecule has 2 N–H and O–H groups in total. The van der Waals surface area contributed by atoms with E-state index in [-0.39, 0.29) is 13.2 Å². The normalized spacial score (nSPS) is 14.4. The predicted molar refractivity (Wildman–Crippen MR) is 83.3 cm³/mol. The van der Waals surface area contributed by atoms with E-state index in [9.17, 15) is 0 Å². The zero-order valence-corrected chi connectivity index (χ0v) is 12.6. The second-order valence-corrected chi connectivity index (χ2v) is 5.62. The zero-order chi connectivity index (χ0) is 14.9. The Labute approximate surface area is 129 Å². The number of ether oxygens (including phenoxy) is 2. The molecule has 1 aromatic carbocycles. The third-order valence-electron chi connectivity index (χ3n) is 2.84. The molecule has 4 nitrogen and oxygen atoms in total.